The standard InChI is InChI=1S/C114H111N9Si3/c1-70(2)124(71(3)4,72(5)6)46-43-94-97-52-82-31-19-25-37-88(82)58-103(97)112(104-59-89-38-26-20-32-83(89)53-98(94)104)109-67-121(118-115-109)64-79-49-80(65-122-68-110(116-119-122)113-105-60-90-39-27-21-33-84(90)54-99(105)95(44-47-125(73(7)8,74(9)10)75(11)12)100-55-85-34-22-28-40-91(85)61-106(100)113)51-81(50-79)66-123-69-111(117-120-123)114-107-62-92-41-29-23-35-86(92)56-101(107)96(45-48-126(76(13)14,77(15)16)78(17)18)102-57-87-36-24-30-42-93(87)63-108(102)114/h19-42,49-63,67-78H,64-66H2,1-18H3. The molecule has 0 bridgehead atoms. The molecule has 12 heteroatoms. The Morgan fingerprint density at radius 3 is 0.540 bits per heavy atom. The molecule has 0 amide bonds. The largest absolute Gasteiger partial charge is 0.247 e. The van der Waals surface area contributed by atoms with Crippen molar-refractivity contribution < 1.29 is 0 Å². The summed E-state index contributed by atoms with van der Waals surface area (Å²) >= 11 is 0. The van der Waals surface area contributed by atoms with Gasteiger partial charge in [-0.25, -0.2) is 14.0 Å². The Kier molecular flexibility index (Phi) is 21.6. The van der Waals surface area contributed by atoms with Gasteiger partial charge in [-0.15, -0.1) is 31.9 Å². The molecule has 3 aromatic heterocycles. The fraction of sp³-hybridized carbons (Fsp3) is 0.263. The molecule has 0 aliphatic carbocycles. The molecule has 0 spiro atoms. The van der Waals surface area contributed by atoms with Gasteiger partial charge >= 0.3 is 0 Å². The van der Waals surface area contributed by atoms with Gasteiger partial charge in [0.1, 0.15) is 41.3 Å². The first-order valence-electron chi connectivity index (χ1n) is 45.6. The molecule has 0 aliphatic rings. The maximum absolute atomic E-state index is 5.25. The summed E-state index contributed by atoms with van der Waals surface area (Å²) in [4.78, 5) is 0. The number of hydrogen-bond acceptors (Lipinski definition) is 6. The minimum Gasteiger partial charge on any atom is -0.247 e. The van der Waals surface area contributed by atoms with Gasteiger partial charge in [-0.2, -0.15) is 0 Å². The average molecular weight is 1690 g/mol. The normalized spacial score (nSPS) is 12.6. The van der Waals surface area contributed by atoms with Crippen molar-refractivity contribution in [1.29, 1.82) is 0 Å². The van der Waals surface area contributed by atoms with Gasteiger partial charge in [0.2, 0.25) is 0 Å². The maximum Gasteiger partial charge on any atom is 0.146 e. The van der Waals surface area contributed by atoms with Crippen LogP contribution >= 0.6 is 0 Å². The number of rotatable bonds is 18. The number of fused-ring (bicyclic) bond motifs is 12. The number of nitrogens with zero attached hydrogens (tertiary/aromatic N) is 9. The smallest absolute Gasteiger partial charge is 0.146 e. The third-order valence-electron chi connectivity index (χ3n) is 28.9. The molecule has 0 N–H and O–H groups in total. The molecule has 624 valence electrons. The second-order valence-electron chi connectivity index (χ2n) is 38.7. The van der Waals surface area contributed by atoms with Gasteiger partial charge in [0.05, 0.1) is 38.2 Å². The van der Waals surface area contributed by atoms with Crippen molar-refractivity contribution in [2.45, 2.75) is 194 Å². The van der Waals surface area contributed by atoms with Crippen molar-refractivity contribution in [2.24, 2.45) is 0 Å². The van der Waals surface area contributed by atoms with Gasteiger partial charge in [0, 0.05) is 33.4 Å². The molecular formula is C114H111N9Si3. The summed E-state index contributed by atoms with van der Waals surface area (Å²) in [5.41, 5.74) is 28.6. The summed E-state index contributed by atoms with van der Waals surface area (Å²) in [5, 5.41) is 58.5. The topological polar surface area (TPSA) is 92.1 Å². The van der Waals surface area contributed by atoms with Crippen molar-refractivity contribution in [3.8, 4) is 68.2 Å². The highest BCUT2D eigenvalue weighted by Gasteiger charge is 2.44. The van der Waals surface area contributed by atoms with E-state index < -0.39 is 24.2 Å². The molecule has 16 aromatic carbocycles. The van der Waals surface area contributed by atoms with E-state index in [0.717, 1.165) is 164 Å². The van der Waals surface area contributed by atoms with E-state index in [1.165, 1.54) is 32.3 Å². The third kappa shape index (κ3) is 14.3. The van der Waals surface area contributed by atoms with Crippen molar-refractivity contribution >= 4 is 153 Å². The van der Waals surface area contributed by atoms with Crippen molar-refractivity contribution in [3.05, 3.63) is 289 Å². The molecule has 19 aromatic rings. The minimum absolute atomic E-state index is 0.422. The third-order valence-corrected chi connectivity index (χ3v) is 47.8. The van der Waals surface area contributed by atoms with Crippen LogP contribution in [0.25, 0.3) is 163 Å². The lowest BCUT2D eigenvalue weighted by Gasteiger charge is -2.38. The SMILES string of the molecule is CC(C)[Si](C#Cc1c2cc3ccccc3cc2c(-c2cn(Cc3cc(Cn4cc(-c5c6cc7ccccc7cc6c(C#C[Si](C(C)C)(C(C)C)C(C)C)c6cc7ccccc7cc56)nn4)cc(Cn4cc(-c5c6cc7ccccc7cc6c(C#C[Si](C(C)C)(C(C)C)C(C)C)c6cc7ccccc7cc56)nn4)c3)nn2)c2cc3ccccc3cc12)(C(C)C)C(C)C. The quantitative estimate of drug-likeness (QED) is 0.0483. The maximum atomic E-state index is 5.25. The van der Waals surface area contributed by atoms with Crippen LogP contribution in [0.15, 0.2) is 255 Å². The molecule has 9 nitrogen and oxygen atoms in total. The second kappa shape index (κ2) is 32.7. The minimum atomic E-state index is -2.19. The zero-order chi connectivity index (χ0) is 87.5. The second-order valence-corrected chi connectivity index (χ2v) is 55.5. The highest BCUT2D eigenvalue weighted by atomic mass is 28.3. The molecule has 0 saturated heterocycles. The van der Waals surface area contributed by atoms with Crippen molar-refractivity contribution in [2.75, 3.05) is 0 Å². The Morgan fingerprint density at radius 2 is 0.381 bits per heavy atom. The van der Waals surface area contributed by atoms with E-state index in [1.807, 2.05) is 14.0 Å². The molecule has 19 rings (SSSR count). The molecule has 126 heavy (non-hydrogen) atoms. The first kappa shape index (κ1) is 83.0. The van der Waals surface area contributed by atoms with E-state index in [0.29, 0.717) is 69.5 Å². The summed E-state index contributed by atoms with van der Waals surface area (Å²) in [7, 11) is -6.58. The molecular weight excluding hydrogens is 1580 g/mol. The summed E-state index contributed by atoms with van der Waals surface area (Å²) in [5.74, 6) is 12.2. The molecule has 0 fully saturated rings. The molecule has 0 aliphatic heterocycles. The van der Waals surface area contributed by atoms with E-state index in [-0.39, 0.29) is 0 Å². The van der Waals surface area contributed by atoms with E-state index >= 15 is 0 Å². The van der Waals surface area contributed by atoms with Crippen LogP contribution < -0.4 is 0 Å². The molecule has 0 atom stereocenters. The molecule has 0 unspecified atom stereocenters. The van der Waals surface area contributed by atoms with E-state index in [1.54, 1.807) is 0 Å². The first-order chi connectivity index (χ1) is 60.8. The van der Waals surface area contributed by atoms with Gasteiger partial charge in [-0.1, -0.05) is 322 Å². The fourth-order valence-electron chi connectivity index (χ4n) is 23.0. The van der Waals surface area contributed by atoms with Crippen LogP contribution in [-0.2, 0) is 19.6 Å². The van der Waals surface area contributed by atoms with Gasteiger partial charge in [-0.05, 0) is 269 Å². The van der Waals surface area contributed by atoms with Crippen molar-refractivity contribution in [1.82, 2.24) is 45.0 Å². The van der Waals surface area contributed by atoms with Gasteiger partial charge in [0.25, 0.3) is 0 Å². The molecule has 0 saturated carbocycles. The first-order valence-corrected chi connectivity index (χ1v) is 52.3. The van der Waals surface area contributed by atoms with E-state index in [9.17, 15) is 0 Å². The van der Waals surface area contributed by atoms with E-state index in [4.69, 9.17) is 30.9 Å². The lowest BCUT2D eigenvalue weighted by Crippen LogP contribution is -2.43. The molecule has 0 radical (unpaired) electrons. The summed E-state index contributed by atoms with van der Waals surface area (Å²) < 4.78 is 6.05. The monoisotopic (exact) mass is 1690 g/mol. The highest BCUT2D eigenvalue weighted by molar-refractivity contribution is 6.91. The number of hydrogen-bond donors (Lipinski definition) is 0. The average Bonchev–Trinajstić information content (AvgIpc) is 1.19. The summed E-state index contributed by atoms with van der Waals surface area (Å²) in [6.45, 7) is 44.5. The predicted molar refractivity (Wildman–Crippen MR) is 544 cm³/mol. The van der Waals surface area contributed by atoms with Crippen LogP contribution in [0.2, 0.25) is 49.9 Å². The van der Waals surface area contributed by atoms with Crippen molar-refractivity contribution in [3.63, 3.8) is 0 Å². The zero-order valence-corrected chi connectivity index (χ0v) is 79.1. The Morgan fingerprint density at radius 1 is 0.222 bits per heavy atom. The van der Waals surface area contributed by atoms with Crippen LogP contribution in [0.3, 0.4) is 0 Å². The Hall–Kier alpha value is -12.6. The lowest BCUT2D eigenvalue weighted by molar-refractivity contribution is 0.628. The Bertz CT molecular complexity index is 6730. The summed E-state index contributed by atoms with van der Waals surface area (Å²) in [6, 6.07) is 87.8. The van der Waals surface area contributed by atoms with Crippen LogP contribution in [0, 0.1) is 34.4 Å². The van der Waals surface area contributed by atoms with Crippen LogP contribution in [-0.4, -0.2) is 69.2 Å². The van der Waals surface area contributed by atoms with Crippen LogP contribution in [0.5, 0.6) is 0 Å². The zero-order valence-electron chi connectivity index (χ0n) is 76.1. The fourth-order valence-corrected chi connectivity index (χ4v) is 38.6. The highest BCUT2D eigenvalue weighted by Crippen LogP contribution is 2.50. The predicted octanol–water partition coefficient (Wildman–Crippen LogP) is 30.2. The number of aromatic nitrogens is 9. The Balaban J connectivity index is 0.779. The number of benzene rings is 16. The van der Waals surface area contributed by atoms with Gasteiger partial charge < -0.3 is 0 Å². The van der Waals surface area contributed by atoms with Crippen LogP contribution in [0.1, 0.15) is 158 Å². The van der Waals surface area contributed by atoms with Gasteiger partial charge in [0.15, 0.2) is 0 Å². The van der Waals surface area contributed by atoms with E-state index in [2.05, 4.69) is 414 Å². The summed E-state index contributed by atoms with van der Waals surface area (Å²) in [6.07, 6.45) is 6.47. The Labute approximate surface area is 744 Å². The van der Waals surface area contributed by atoms with Crippen LogP contribution in [0.4, 0.5) is 0 Å². The van der Waals surface area contributed by atoms with Gasteiger partial charge in [-0.3, -0.25) is 0 Å². The lowest BCUT2D eigenvalue weighted by atomic mass is 9.88. The molecule has 3 heterocycles.